The summed E-state index contributed by atoms with van der Waals surface area (Å²) in [6.07, 6.45) is 1.01. The van der Waals surface area contributed by atoms with Crippen LogP contribution in [0.3, 0.4) is 0 Å². The Morgan fingerprint density at radius 2 is 2.12 bits per heavy atom. The molecule has 1 unspecified atom stereocenters. The van der Waals surface area contributed by atoms with E-state index in [0.717, 1.165) is 4.88 Å². The molecule has 1 aromatic heterocycles. The quantitative estimate of drug-likeness (QED) is 0.747. The van der Waals surface area contributed by atoms with Gasteiger partial charge in [-0.25, -0.2) is 13.1 Å². The minimum atomic E-state index is -3.25. The van der Waals surface area contributed by atoms with Gasteiger partial charge in [0.15, 0.2) is 0 Å². The zero-order valence-corrected chi connectivity index (χ0v) is 11.8. The Morgan fingerprint density at radius 1 is 1.41 bits per heavy atom. The van der Waals surface area contributed by atoms with Crippen LogP contribution in [0.15, 0.2) is 12.1 Å². The number of sulfonamides is 1. The van der Waals surface area contributed by atoms with Gasteiger partial charge in [-0.1, -0.05) is 0 Å². The second kappa shape index (κ2) is 6.49. The molecule has 0 fully saturated rings. The Balaban J connectivity index is 2.52. The summed E-state index contributed by atoms with van der Waals surface area (Å²) in [4.78, 5) is 2.19. The Hall–Kier alpha value is -0.430. The summed E-state index contributed by atoms with van der Waals surface area (Å²) in [5.41, 5.74) is 0. The van der Waals surface area contributed by atoms with Crippen molar-refractivity contribution in [3.8, 4) is 0 Å². The maximum absolute atomic E-state index is 11.7. The lowest BCUT2D eigenvalue weighted by Crippen LogP contribution is -2.28. The average molecular weight is 277 g/mol. The fourth-order valence-electron chi connectivity index (χ4n) is 1.48. The summed E-state index contributed by atoms with van der Waals surface area (Å²) in [5, 5.41) is 8.61. The van der Waals surface area contributed by atoms with Gasteiger partial charge in [0.1, 0.15) is 0 Å². The van der Waals surface area contributed by atoms with Crippen LogP contribution in [0.2, 0.25) is 0 Å². The minimum Gasteiger partial charge on any atom is -0.396 e. The summed E-state index contributed by atoms with van der Waals surface area (Å²) in [6.45, 7) is 3.88. The number of aliphatic hydroxyl groups is 1. The van der Waals surface area contributed by atoms with Gasteiger partial charge < -0.3 is 5.11 Å². The largest absolute Gasteiger partial charge is 0.396 e. The van der Waals surface area contributed by atoms with E-state index in [0.29, 0.717) is 12.8 Å². The van der Waals surface area contributed by atoms with Gasteiger partial charge >= 0.3 is 0 Å². The first-order chi connectivity index (χ1) is 7.94. The number of rotatable bonds is 7. The second-order valence-corrected chi connectivity index (χ2v) is 7.23. The van der Waals surface area contributed by atoms with E-state index in [-0.39, 0.29) is 18.4 Å². The van der Waals surface area contributed by atoms with Crippen LogP contribution in [0.1, 0.15) is 35.6 Å². The average Bonchev–Trinajstić information content (AvgIpc) is 2.64. The number of thiophene rings is 1. The van der Waals surface area contributed by atoms with Crippen molar-refractivity contribution in [3.63, 3.8) is 0 Å². The van der Waals surface area contributed by atoms with Crippen LogP contribution in [-0.4, -0.2) is 25.9 Å². The molecule has 6 heteroatoms. The van der Waals surface area contributed by atoms with Gasteiger partial charge in [0.2, 0.25) is 10.0 Å². The molecule has 0 spiro atoms. The molecule has 0 radical (unpaired) electrons. The third-order valence-electron chi connectivity index (χ3n) is 2.37. The summed E-state index contributed by atoms with van der Waals surface area (Å²) in [7, 11) is -3.25. The molecule has 0 saturated carbocycles. The molecule has 0 aliphatic carbocycles. The molecule has 0 saturated heterocycles. The minimum absolute atomic E-state index is 0.0369. The van der Waals surface area contributed by atoms with Crippen molar-refractivity contribution in [3.05, 3.63) is 21.9 Å². The van der Waals surface area contributed by atoms with Crippen LogP contribution in [0, 0.1) is 6.92 Å². The normalized spacial score (nSPS) is 13.8. The molecular formula is C11H19NO3S2. The van der Waals surface area contributed by atoms with Crippen molar-refractivity contribution < 1.29 is 13.5 Å². The molecule has 1 aromatic rings. The second-order valence-electron chi connectivity index (χ2n) is 4.04. The van der Waals surface area contributed by atoms with Crippen molar-refractivity contribution in [2.75, 3.05) is 12.4 Å². The van der Waals surface area contributed by atoms with E-state index in [4.69, 9.17) is 5.11 Å². The first kappa shape index (κ1) is 14.6. The van der Waals surface area contributed by atoms with Crippen molar-refractivity contribution >= 4 is 21.4 Å². The van der Waals surface area contributed by atoms with E-state index >= 15 is 0 Å². The zero-order valence-electron chi connectivity index (χ0n) is 10.1. The van der Waals surface area contributed by atoms with Crippen molar-refractivity contribution in [2.24, 2.45) is 0 Å². The molecule has 2 N–H and O–H groups in total. The topological polar surface area (TPSA) is 66.4 Å². The fourth-order valence-corrected chi connectivity index (χ4v) is 3.80. The molecular weight excluding hydrogens is 258 g/mol. The maximum Gasteiger partial charge on any atom is 0.212 e. The lowest BCUT2D eigenvalue weighted by Gasteiger charge is -2.12. The molecule has 0 aliphatic rings. The lowest BCUT2D eigenvalue weighted by atomic mass is 10.3. The van der Waals surface area contributed by atoms with Crippen LogP contribution in [-0.2, 0) is 10.0 Å². The maximum atomic E-state index is 11.7. The number of hydrogen-bond acceptors (Lipinski definition) is 4. The predicted octanol–water partition coefficient (Wildman–Crippen LogP) is 1.81. The van der Waals surface area contributed by atoms with Crippen LogP contribution in [0.25, 0.3) is 0 Å². The SMILES string of the molecule is Cc1ccc(C(C)NS(=O)(=O)CCCCO)s1. The van der Waals surface area contributed by atoms with E-state index in [2.05, 4.69) is 4.72 Å². The van der Waals surface area contributed by atoms with Gasteiger partial charge in [0.25, 0.3) is 0 Å². The van der Waals surface area contributed by atoms with Gasteiger partial charge in [0, 0.05) is 16.4 Å². The third-order valence-corrected chi connectivity index (χ3v) is 5.09. The van der Waals surface area contributed by atoms with Crippen LogP contribution >= 0.6 is 11.3 Å². The Morgan fingerprint density at radius 3 is 2.65 bits per heavy atom. The Bertz CT molecular complexity index is 439. The van der Waals surface area contributed by atoms with Crippen molar-refractivity contribution in [1.29, 1.82) is 0 Å². The first-order valence-electron chi connectivity index (χ1n) is 5.62. The number of hydrogen-bond donors (Lipinski definition) is 2. The molecule has 17 heavy (non-hydrogen) atoms. The summed E-state index contributed by atoms with van der Waals surface area (Å²) in [5.74, 6) is 0.0717. The van der Waals surface area contributed by atoms with Crippen molar-refractivity contribution in [2.45, 2.75) is 32.7 Å². The van der Waals surface area contributed by atoms with Gasteiger partial charge in [-0.15, -0.1) is 11.3 Å². The molecule has 0 bridgehead atoms. The number of aryl methyl sites for hydroxylation is 1. The van der Waals surface area contributed by atoms with Crippen LogP contribution in [0.4, 0.5) is 0 Å². The van der Waals surface area contributed by atoms with E-state index in [1.54, 1.807) is 11.3 Å². The third kappa shape index (κ3) is 5.16. The number of unbranched alkanes of at least 4 members (excludes halogenated alkanes) is 1. The highest BCUT2D eigenvalue weighted by atomic mass is 32.2. The molecule has 1 heterocycles. The molecule has 4 nitrogen and oxygen atoms in total. The monoisotopic (exact) mass is 277 g/mol. The van der Waals surface area contributed by atoms with E-state index in [1.807, 2.05) is 26.0 Å². The number of nitrogens with one attached hydrogen (secondary N) is 1. The Kier molecular flexibility index (Phi) is 5.58. The van der Waals surface area contributed by atoms with Gasteiger partial charge in [-0.2, -0.15) is 0 Å². The van der Waals surface area contributed by atoms with Gasteiger partial charge in [0.05, 0.1) is 11.8 Å². The molecule has 0 aliphatic heterocycles. The molecule has 0 amide bonds. The highest BCUT2D eigenvalue weighted by molar-refractivity contribution is 7.89. The lowest BCUT2D eigenvalue weighted by molar-refractivity contribution is 0.287. The smallest absolute Gasteiger partial charge is 0.212 e. The molecule has 1 rings (SSSR count). The standard InChI is InChI=1S/C11H19NO3S2/c1-9-5-6-11(16-9)10(2)12-17(14,15)8-4-3-7-13/h5-6,10,12-13H,3-4,7-8H2,1-2H3. The van der Waals surface area contributed by atoms with E-state index in [9.17, 15) is 8.42 Å². The highest BCUT2D eigenvalue weighted by Gasteiger charge is 2.16. The first-order valence-corrected chi connectivity index (χ1v) is 8.08. The molecule has 0 aromatic carbocycles. The highest BCUT2D eigenvalue weighted by Crippen LogP contribution is 2.22. The van der Waals surface area contributed by atoms with Crippen LogP contribution < -0.4 is 4.72 Å². The number of aliphatic hydroxyl groups excluding tert-OH is 1. The predicted molar refractivity (Wildman–Crippen MR) is 70.7 cm³/mol. The fraction of sp³-hybridized carbons (Fsp3) is 0.636. The van der Waals surface area contributed by atoms with Gasteiger partial charge in [-0.05, 0) is 38.8 Å². The summed E-state index contributed by atoms with van der Waals surface area (Å²) < 4.78 is 26.1. The van der Waals surface area contributed by atoms with Crippen molar-refractivity contribution in [1.82, 2.24) is 4.72 Å². The molecule has 98 valence electrons. The van der Waals surface area contributed by atoms with Crippen LogP contribution in [0.5, 0.6) is 0 Å². The van der Waals surface area contributed by atoms with E-state index < -0.39 is 10.0 Å². The summed E-state index contributed by atoms with van der Waals surface area (Å²) in [6, 6.07) is 3.74. The zero-order chi connectivity index (χ0) is 12.9. The molecule has 1 atom stereocenters. The summed E-state index contributed by atoms with van der Waals surface area (Å²) >= 11 is 1.60. The van der Waals surface area contributed by atoms with Gasteiger partial charge in [-0.3, -0.25) is 0 Å². The Labute approximate surface area is 107 Å². The van der Waals surface area contributed by atoms with E-state index in [1.165, 1.54) is 4.88 Å².